The van der Waals surface area contributed by atoms with Gasteiger partial charge in [0, 0.05) is 32.1 Å². The van der Waals surface area contributed by atoms with Crippen LogP contribution in [0.1, 0.15) is 32.3 Å². The number of hydrogen-bond donors (Lipinski definition) is 3. The van der Waals surface area contributed by atoms with E-state index in [4.69, 9.17) is 0 Å². The van der Waals surface area contributed by atoms with Crippen molar-refractivity contribution in [2.45, 2.75) is 44.2 Å². The average molecular weight is 523 g/mol. The average Bonchev–Trinajstić information content (AvgIpc) is 3.14. The molecule has 0 aromatic heterocycles. The molecule has 0 aliphatic carbocycles. The molecule has 2 rings (SSSR count). The van der Waals surface area contributed by atoms with Gasteiger partial charge in [-0.05, 0) is 38.1 Å². The van der Waals surface area contributed by atoms with Gasteiger partial charge in [0.15, 0.2) is 5.96 Å². The lowest BCUT2D eigenvalue weighted by molar-refractivity contribution is -0.129. The third kappa shape index (κ3) is 6.89. The number of carbonyl (C=O) groups is 1. The van der Waals surface area contributed by atoms with Crippen LogP contribution < -0.4 is 15.4 Å². The molecule has 1 aliphatic heterocycles. The van der Waals surface area contributed by atoms with Gasteiger partial charge in [-0.2, -0.15) is 0 Å². The first kappa shape index (κ1) is 24.6. The second-order valence-electron chi connectivity index (χ2n) is 6.37. The van der Waals surface area contributed by atoms with Crippen molar-refractivity contribution >= 4 is 45.9 Å². The summed E-state index contributed by atoms with van der Waals surface area (Å²) in [5.41, 5.74) is 0.913. The molecular weight excluding hydrogens is 493 g/mol. The van der Waals surface area contributed by atoms with Gasteiger partial charge in [-0.15, -0.1) is 24.0 Å². The molecule has 1 amide bonds. The second kappa shape index (κ2) is 11.6. The SMILES string of the molecule is CCNC(=NCc1ccc(S(=O)(=O)NC)cc1)NC1CCN(C(=O)CC)C1.I. The fourth-order valence-electron chi connectivity index (χ4n) is 2.90. The summed E-state index contributed by atoms with van der Waals surface area (Å²) < 4.78 is 25.8. The van der Waals surface area contributed by atoms with Crippen molar-refractivity contribution in [2.24, 2.45) is 4.99 Å². The highest BCUT2D eigenvalue weighted by Gasteiger charge is 2.25. The Balaban J connectivity index is 0.00000392. The number of carbonyl (C=O) groups excluding carboxylic acids is 1. The van der Waals surface area contributed by atoms with Crippen molar-refractivity contribution in [1.29, 1.82) is 0 Å². The number of sulfonamides is 1. The van der Waals surface area contributed by atoms with E-state index in [0.717, 1.165) is 25.1 Å². The summed E-state index contributed by atoms with van der Waals surface area (Å²) in [4.78, 5) is 18.5. The molecule has 1 unspecified atom stereocenters. The van der Waals surface area contributed by atoms with E-state index < -0.39 is 10.0 Å². The summed E-state index contributed by atoms with van der Waals surface area (Å²) in [5, 5.41) is 6.59. The minimum Gasteiger partial charge on any atom is -0.357 e. The lowest BCUT2D eigenvalue weighted by Gasteiger charge is -2.18. The fourth-order valence-corrected chi connectivity index (χ4v) is 3.63. The van der Waals surface area contributed by atoms with E-state index in [2.05, 4.69) is 20.3 Å². The first-order valence-corrected chi connectivity index (χ1v) is 10.7. The fraction of sp³-hybridized carbons (Fsp3) is 0.556. The summed E-state index contributed by atoms with van der Waals surface area (Å²) in [7, 11) is -2.04. The van der Waals surface area contributed by atoms with Gasteiger partial charge in [0.2, 0.25) is 15.9 Å². The largest absolute Gasteiger partial charge is 0.357 e. The first-order valence-electron chi connectivity index (χ1n) is 9.24. The normalized spacial score (nSPS) is 17.2. The van der Waals surface area contributed by atoms with E-state index in [0.29, 0.717) is 25.5 Å². The van der Waals surface area contributed by atoms with Crippen molar-refractivity contribution in [1.82, 2.24) is 20.3 Å². The Labute approximate surface area is 184 Å². The van der Waals surface area contributed by atoms with Crippen LogP contribution in [0.5, 0.6) is 0 Å². The number of halogens is 1. The molecule has 0 radical (unpaired) electrons. The van der Waals surface area contributed by atoms with E-state index >= 15 is 0 Å². The Morgan fingerprint density at radius 1 is 1.25 bits per heavy atom. The molecule has 1 aromatic carbocycles. The standard InChI is InChI=1S/C18H29N5O3S.HI/c1-4-17(24)23-11-10-15(13-23)22-18(20-5-2)21-12-14-6-8-16(9-7-14)27(25,26)19-3;/h6-9,15,19H,4-5,10-13H2,1-3H3,(H2,20,21,22);1H. The van der Waals surface area contributed by atoms with Crippen molar-refractivity contribution in [3.8, 4) is 0 Å². The van der Waals surface area contributed by atoms with Crippen LogP contribution in [0.2, 0.25) is 0 Å². The number of aliphatic imine (C=N–C) groups is 1. The Hall–Kier alpha value is -1.40. The topological polar surface area (TPSA) is 103 Å². The van der Waals surface area contributed by atoms with Crippen LogP contribution in [0.15, 0.2) is 34.2 Å². The Bertz CT molecular complexity index is 768. The molecule has 1 fully saturated rings. The van der Waals surface area contributed by atoms with Crippen LogP contribution in [0.4, 0.5) is 0 Å². The molecular formula is C18H30IN5O3S. The lowest BCUT2D eigenvalue weighted by Crippen LogP contribution is -2.45. The number of nitrogens with zero attached hydrogens (tertiary/aromatic N) is 2. The summed E-state index contributed by atoms with van der Waals surface area (Å²) in [6.45, 7) is 6.49. The number of benzene rings is 1. The Kier molecular flexibility index (Phi) is 10.2. The predicted molar refractivity (Wildman–Crippen MR) is 121 cm³/mol. The molecule has 0 bridgehead atoms. The Morgan fingerprint density at radius 3 is 2.50 bits per heavy atom. The maximum Gasteiger partial charge on any atom is 0.240 e. The second-order valence-corrected chi connectivity index (χ2v) is 8.26. The minimum absolute atomic E-state index is 0. The van der Waals surface area contributed by atoms with E-state index in [-0.39, 0.29) is 40.8 Å². The van der Waals surface area contributed by atoms with Gasteiger partial charge in [-0.25, -0.2) is 18.1 Å². The number of hydrogen-bond acceptors (Lipinski definition) is 4. The molecule has 1 atom stereocenters. The van der Waals surface area contributed by atoms with Crippen molar-refractivity contribution in [2.75, 3.05) is 26.7 Å². The van der Waals surface area contributed by atoms with Crippen LogP contribution in [0, 0.1) is 0 Å². The van der Waals surface area contributed by atoms with E-state index in [1.54, 1.807) is 24.3 Å². The molecule has 0 saturated carbocycles. The van der Waals surface area contributed by atoms with Gasteiger partial charge >= 0.3 is 0 Å². The van der Waals surface area contributed by atoms with Crippen LogP contribution in [-0.4, -0.2) is 57.9 Å². The van der Waals surface area contributed by atoms with Gasteiger partial charge in [0.05, 0.1) is 11.4 Å². The zero-order valence-corrected chi connectivity index (χ0v) is 19.7. The molecule has 0 spiro atoms. The summed E-state index contributed by atoms with van der Waals surface area (Å²) in [6, 6.07) is 6.84. The van der Waals surface area contributed by atoms with Gasteiger partial charge in [0.25, 0.3) is 0 Å². The maximum atomic E-state index is 11.8. The molecule has 158 valence electrons. The lowest BCUT2D eigenvalue weighted by atomic mass is 10.2. The number of guanidine groups is 1. The van der Waals surface area contributed by atoms with Gasteiger partial charge in [-0.1, -0.05) is 19.1 Å². The zero-order chi connectivity index (χ0) is 19.9. The van der Waals surface area contributed by atoms with E-state index in [1.807, 2.05) is 18.7 Å². The molecule has 1 aromatic rings. The summed E-state index contributed by atoms with van der Waals surface area (Å²) >= 11 is 0. The summed E-state index contributed by atoms with van der Waals surface area (Å²) in [5.74, 6) is 0.873. The van der Waals surface area contributed by atoms with Crippen LogP contribution in [0.25, 0.3) is 0 Å². The Morgan fingerprint density at radius 2 is 1.93 bits per heavy atom. The van der Waals surface area contributed by atoms with E-state index in [1.165, 1.54) is 7.05 Å². The first-order chi connectivity index (χ1) is 12.9. The predicted octanol–water partition coefficient (Wildman–Crippen LogP) is 1.28. The highest BCUT2D eigenvalue weighted by Crippen LogP contribution is 2.12. The maximum absolute atomic E-state index is 11.8. The smallest absolute Gasteiger partial charge is 0.240 e. The van der Waals surface area contributed by atoms with Crippen LogP contribution in [-0.2, 0) is 21.4 Å². The highest BCUT2D eigenvalue weighted by atomic mass is 127. The van der Waals surface area contributed by atoms with Crippen LogP contribution >= 0.6 is 24.0 Å². The van der Waals surface area contributed by atoms with Crippen molar-refractivity contribution < 1.29 is 13.2 Å². The van der Waals surface area contributed by atoms with Crippen molar-refractivity contribution in [3.63, 3.8) is 0 Å². The number of rotatable bonds is 7. The van der Waals surface area contributed by atoms with Gasteiger partial charge < -0.3 is 15.5 Å². The molecule has 10 heteroatoms. The molecule has 1 saturated heterocycles. The van der Waals surface area contributed by atoms with E-state index in [9.17, 15) is 13.2 Å². The van der Waals surface area contributed by atoms with Gasteiger partial charge in [-0.3, -0.25) is 4.79 Å². The van der Waals surface area contributed by atoms with Crippen molar-refractivity contribution in [3.05, 3.63) is 29.8 Å². The zero-order valence-electron chi connectivity index (χ0n) is 16.6. The minimum atomic E-state index is -3.43. The number of amides is 1. The third-order valence-electron chi connectivity index (χ3n) is 4.45. The number of likely N-dealkylation sites (tertiary alicyclic amines) is 1. The number of nitrogens with one attached hydrogen (secondary N) is 3. The third-order valence-corrected chi connectivity index (χ3v) is 5.88. The monoisotopic (exact) mass is 523 g/mol. The van der Waals surface area contributed by atoms with Crippen LogP contribution in [0.3, 0.4) is 0 Å². The molecule has 1 heterocycles. The molecule has 1 aliphatic rings. The molecule has 28 heavy (non-hydrogen) atoms. The van der Waals surface area contributed by atoms with Gasteiger partial charge in [0.1, 0.15) is 0 Å². The summed E-state index contributed by atoms with van der Waals surface area (Å²) in [6.07, 6.45) is 1.42. The molecule has 3 N–H and O–H groups in total. The quantitative estimate of drug-likeness (QED) is 0.284. The highest BCUT2D eigenvalue weighted by molar-refractivity contribution is 14.0. The molecule has 8 nitrogen and oxygen atoms in total.